The van der Waals surface area contributed by atoms with E-state index in [1.165, 1.54) is 19.3 Å². The number of nitrogens with zero attached hydrogens (tertiary/aromatic N) is 3. The number of aromatic nitrogens is 1. The third kappa shape index (κ3) is 4.63. The standard InChI is InChI=1S/C30H31N3O4/c1-34-29-22(19-33-12-9-30(10-13-33)11-14-35-20-30)5-7-26(32-29)24-4-2-3-23(25(24)18-31)21-6-8-27-28(17-21)37-16-15-36-27/h2-8,17H,9-16,19-20H2,1H3. The van der Waals surface area contributed by atoms with Crippen LogP contribution in [0.2, 0.25) is 0 Å². The molecular weight excluding hydrogens is 466 g/mol. The molecule has 0 N–H and O–H groups in total. The fourth-order valence-corrected chi connectivity index (χ4v) is 5.72. The number of benzene rings is 2. The van der Waals surface area contributed by atoms with Crippen LogP contribution < -0.4 is 14.2 Å². The lowest BCUT2D eigenvalue weighted by atomic mass is 9.78. The molecule has 0 saturated carbocycles. The Morgan fingerprint density at radius 3 is 2.54 bits per heavy atom. The van der Waals surface area contributed by atoms with E-state index in [4.69, 9.17) is 23.9 Å². The van der Waals surface area contributed by atoms with Crippen molar-refractivity contribution in [2.24, 2.45) is 5.41 Å². The summed E-state index contributed by atoms with van der Waals surface area (Å²) in [6, 6.07) is 18.1. The number of ether oxygens (including phenoxy) is 4. The fourth-order valence-electron chi connectivity index (χ4n) is 5.72. The van der Waals surface area contributed by atoms with E-state index >= 15 is 0 Å². The van der Waals surface area contributed by atoms with Crippen LogP contribution in [0.4, 0.5) is 0 Å². The first kappa shape index (κ1) is 23.8. The number of likely N-dealkylation sites (tertiary alicyclic amines) is 1. The Hall–Kier alpha value is -3.60. The summed E-state index contributed by atoms with van der Waals surface area (Å²) in [6.45, 7) is 5.80. The van der Waals surface area contributed by atoms with Crippen molar-refractivity contribution in [2.45, 2.75) is 25.8 Å². The third-order valence-corrected chi connectivity index (χ3v) is 7.93. The van der Waals surface area contributed by atoms with Gasteiger partial charge in [0.2, 0.25) is 5.88 Å². The average Bonchev–Trinajstić information content (AvgIpc) is 3.41. The van der Waals surface area contributed by atoms with Crippen molar-refractivity contribution in [3.63, 3.8) is 0 Å². The minimum atomic E-state index is 0.388. The Bertz CT molecular complexity index is 1330. The summed E-state index contributed by atoms with van der Waals surface area (Å²) in [5.41, 5.74) is 5.26. The summed E-state index contributed by atoms with van der Waals surface area (Å²) >= 11 is 0. The summed E-state index contributed by atoms with van der Waals surface area (Å²) < 4.78 is 22.8. The van der Waals surface area contributed by atoms with Crippen LogP contribution in [-0.2, 0) is 11.3 Å². The molecule has 6 rings (SSSR count). The maximum Gasteiger partial charge on any atom is 0.218 e. The molecule has 0 amide bonds. The monoisotopic (exact) mass is 497 g/mol. The van der Waals surface area contributed by atoms with Gasteiger partial charge in [-0.2, -0.15) is 5.26 Å². The van der Waals surface area contributed by atoms with Crippen LogP contribution in [0.1, 0.15) is 30.4 Å². The zero-order valence-electron chi connectivity index (χ0n) is 21.2. The van der Waals surface area contributed by atoms with Crippen molar-refractivity contribution < 1.29 is 18.9 Å². The van der Waals surface area contributed by atoms with Gasteiger partial charge in [-0.1, -0.05) is 30.3 Å². The molecule has 1 spiro atoms. The Labute approximate surface area is 217 Å². The van der Waals surface area contributed by atoms with Crippen LogP contribution in [0, 0.1) is 16.7 Å². The van der Waals surface area contributed by atoms with Crippen LogP contribution >= 0.6 is 0 Å². The maximum absolute atomic E-state index is 10.2. The lowest BCUT2D eigenvalue weighted by molar-refractivity contribution is 0.0769. The highest BCUT2D eigenvalue weighted by atomic mass is 16.6. The highest BCUT2D eigenvalue weighted by Crippen LogP contribution is 2.40. The predicted molar refractivity (Wildman–Crippen MR) is 140 cm³/mol. The van der Waals surface area contributed by atoms with Gasteiger partial charge in [-0.15, -0.1) is 0 Å². The largest absolute Gasteiger partial charge is 0.486 e. The van der Waals surface area contributed by atoms with Crippen molar-refractivity contribution in [3.8, 4) is 45.8 Å². The number of fused-ring (bicyclic) bond motifs is 1. The van der Waals surface area contributed by atoms with Gasteiger partial charge in [0.1, 0.15) is 19.3 Å². The Kier molecular flexibility index (Phi) is 6.45. The number of hydrogen-bond acceptors (Lipinski definition) is 7. The molecule has 7 nitrogen and oxygen atoms in total. The normalized spacial score (nSPS) is 18.5. The van der Waals surface area contributed by atoms with Crippen molar-refractivity contribution in [3.05, 3.63) is 59.7 Å². The van der Waals surface area contributed by atoms with Crippen LogP contribution in [0.3, 0.4) is 0 Å². The predicted octanol–water partition coefficient (Wildman–Crippen LogP) is 5.07. The fraction of sp³-hybridized carbons (Fsp3) is 0.400. The Balaban J connectivity index is 1.26. The molecule has 7 heteroatoms. The lowest BCUT2D eigenvalue weighted by Gasteiger charge is -2.38. The van der Waals surface area contributed by atoms with E-state index in [9.17, 15) is 5.26 Å². The third-order valence-electron chi connectivity index (χ3n) is 7.93. The van der Waals surface area contributed by atoms with Gasteiger partial charge in [0, 0.05) is 29.8 Å². The van der Waals surface area contributed by atoms with Gasteiger partial charge >= 0.3 is 0 Å². The number of nitriles is 1. The van der Waals surface area contributed by atoms with E-state index in [2.05, 4.69) is 17.0 Å². The van der Waals surface area contributed by atoms with Gasteiger partial charge in [0.05, 0.1) is 25.0 Å². The van der Waals surface area contributed by atoms with Crippen LogP contribution in [-0.4, -0.2) is 56.5 Å². The molecule has 2 saturated heterocycles. The Morgan fingerprint density at radius 2 is 1.78 bits per heavy atom. The molecule has 3 aromatic rings. The molecule has 0 atom stereocenters. The molecule has 4 heterocycles. The summed E-state index contributed by atoms with van der Waals surface area (Å²) in [7, 11) is 1.66. The number of pyridine rings is 1. The molecule has 3 aliphatic rings. The van der Waals surface area contributed by atoms with Gasteiger partial charge in [-0.3, -0.25) is 4.90 Å². The number of methoxy groups -OCH3 is 1. The van der Waals surface area contributed by atoms with E-state index in [1.54, 1.807) is 7.11 Å². The summed E-state index contributed by atoms with van der Waals surface area (Å²) in [6.07, 6.45) is 3.55. The zero-order valence-corrected chi connectivity index (χ0v) is 21.2. The van der Waals surface area contributed by atoms with Crippen LogP contribution in [0.15, 0.2) is 48.5 Å². The van der Waals surface area contributed by atoms with Gasteiger partial charge in [-0.25, -0.2) is 4.98 Å². The smallest absolute Gasteiger partial charge is 0.218 e. The first-order chi connectivity index (χ1) is 18.2. The summed E-state index contributed by atoms with van der Waals surface area (Å²) in [5.74, 6) is 2.04. The van der Waals surface area contributed by atoms with Gasteiger partial charge in [0.15, 0.2) is 11.5 Å². The van der Waals surface area contributed by atoms with Crippen molar-refractivity contribution >= 4 is 0 Å². The van der Waals surface area contributed by atoms with Gasteiger partial charge in [0.25, 0.3) is 0 Å². The SMILES string of the molecule is COc1nc(-c2cccc(-c3ccc4c(c3)OCCO4)c2C#N)ccc1CN1CCC2(CCOC2)CC1. The van der Waals surface area contributed by atoms with E-state index in [1.807, 2.05) is 42.5 Å². The highest BCUT2D eigenvalue weighted by molar-refractivity contribution is 5.81. The molecule has 2 aromatic carbocycles. The second-order valence-electron chi connectivity index (χ2n) is 10.1. The minimum Gasteiger partial charge on any atom is -0.486 e. The molecule has 0 bridgehead atoms. The quantitative estimate of drug-likeness (QED) is 0.487. The first-order valence-electron chi connectivity index (χ1n) is 13.0. The Morgan fingerprint density at radius 1 is 0.973 bits per heavy atom. The van der Waals surface area contributed by atoms with Crippen molar-refractivity contribution in [1.82, 2.24) is 9.88 Å². The van der Waals surface area contributed by atoms with E-state index in [-0.39, 0.29) is 0 Å². The number of piperidine rings is 1. The van der Waals surface area contributed by atoms with E-state index in [0.717, 1.165) is 66.5 Å². The molecule has 0 unspecified atom stereocenters. The topological polar surface area (TPSA) is 76.8 Å². The maximum atomic E-state index is 10.2. The zero-order chi connectivity index (χ0) is 25.2. The molecule has 37 heavy (non-hydrogen) atoms. The summed E-state index contributed by atoms with van der Waals surface area (Å²) in [4.78, 5) is 7.32. The highest BCUT2D eigenvalue weighted by Gasteiger charge is 2.38. The molecule has 190 valence electrons. The number of rotatable bonds is 5. The van der Waals surface area contributed by atoms with Gasteiger partial charge < -0.3 is 18.9 Å². The average molecular weight is 498 g/mol. The van der Waals surface area contributed by atoms with Crippen LogP contribution in [0.25, 0.3) is 22.4 Å². The van der Waals surface area contributed by atoms with Crippen LogP contribution in [0.5, 0.6) is 17.4 Å². The molecule has 1 aromatic heterocycles. The molecule has 2 fully saturated rings. The number of hydrogen-bond donors (Lipinski definition) is 0. The molecular formula is C30H31N3O4. The second kappa shape index (κ2) is 10.0. The van der Waals surface area contributed by atoms with Gasteiger partial charge in [-0.05, 0) is 61.5 Å². The first-order valence-corrected chi connectivity index (χ1v) is 13.0. The lowest BCUT2D eigenvalue weighted by Crippen LogP contribution is -2.40. The summed E-state index contributed by atoms with van der Waals surface area (Å²) in [5, 5.41) is 10.2. The molecule has 0 radical (unpaired) electrons. The molecule has 0 aliphatic carbocycles. The van der Waals surface area contributed by atoms with E-state index < -0.39 is 0 Å². The second-order valence-corrected chi connectivity index (χ2v) is 10.1. The van der Waals surface area contributed by atoms with E-state index in [0.29, 0.717) is 35.8 Å². The molecule has 3 aliphatic heterocycles. The minimum absolute atomic E-state index is 0.388. The van der Waals surface area contributed by atoms with Crippen molar-refractivity contribution in [1.29, 1.82) is 5.26 Å². The van der Waals surface area contributed by atoms with Crippen molar-refractivity contribution in [2.75, 3.05) is 46.6 Å².